The van der Waals surface area contributed by atoms with E-state index in [9.17, 15) is 24.7 Å². The van der Waals surface area contributed by atoms with Crippen molar-refractivity contribution in [3.05, 3.63) is 51.8 Å². The molecule has 2 atom stereocenters. The van der Waals surface area contributed by atoms with Crippen LogP contribution in [0.1, 0.15) is 18.5 Å². The summed E-state index contributed by atoms with van der Waals surface area (Å²) in [5.41, 5.74) is 7.09. The van der Waals surface area contributed by atoms with Gasteiger partial charge in [0.2, 0.25) is 12.4 Å². The van der Waals surface area contributed by atoms with Gasteiger partial charge in [0.15, 0.2) is 10.8 Å². The first-order valence-electron chi connectivity index (χ1n) is 10.9. The molecule has 1 aromatic rings. The zero-order valence-electron chi connectivity index (χ0n) is 19.2. The normalized spacial score (nSPS) is 23.4. The molecule has 2 unspecified atom stereocenters. The van der Waals surface area contributed by atoms with E-state index >= 15 is 0 Å². The van der Waals surface area contributed by atoms with Crippen LogP contribution in [0.2, 0.25) is 0 Å². The molecule has 0 spiro atoms. The fourth-order valence-electron chi connectivity index (χ4n) is 4.69. The summed E-state index contributed by atoms with van der Waals surface area (Å²) >= 11 is 1.12. The number of anilines is 1. The number of carboxylic acids is 1. The number of carbonyl (C=O) groups is 3. The van der Waals surface area contributed by atoms with Gasteiger partial charge in [-0.1, -0.05) is 5.16 Å². The standard InChI is InChI=1S/C21H22N8O6S/c1-26-9-28(34)11-5-6-27(7-14(11)26)13-4-3-12-16(19(31)29(12)17(13)20(32)33)24-18(30)15(25-35-2)10-8-36-21(22)23-10/h5-8,12,16H,3-4,9H2,1-2H3,(H2,22,23)(H,24,30)(H,32,33). The van der Waals surface area contributed by atoms with Crippen LogP contribution < -0.4 is 11.1 Å². The summed E-state index contributed by atoms with van der Waals surface area (Å²) in [4.78, 5) is 51.6. The minimum absolute atomic E-state index is 0.146. The number of nitrogen functional groups attached to an aromatic ring is 1. The summed E-state index contributed by atoms with van der Waals surface area (Å²) < 4.78 is 0.844. The van der Waals surface area contributed by atoms with Gasteiger partial charge in [0, 0.05) is 30.9 Å². The number of amides is 2. The van der Waals surface area contributed by atoms with Crippen LogP contribution >= 0.6 is 11.3 Å². The van der Waals surface area contributed by atoms with Gasteiger partial charge in [0.05, 0.1) is 11.7 Å². The number of aliphatic carboxylic acids is 1. The Kier molecular flexibility index (Phi) is 5.62. The molecule has 5 heterocycles. The molecular weight excluding hydrogens is 492 g/mol. The lowest BCUT2D eigenvalue weighted by Gasteiger charge is -2.50. The van der Waals surface area contributed by atoms with Gasteiger partial charge in [-0.15, -0.1) is 11.3 Å². The van der Waals surface area contributed by atoms with Gasteiger partial charge in [0.25, 0.3) is 11.8 Å². The van der Waals surface area contributed by atoms with Gasteiger partial charge in [0.1, 0.15) is 30.2 Å². The van der Waals surface area contributed by atoms with Crippen LogP contribution in [-0.2, 0) is 19.2 Å². The first-order valence-corrected chi connectivity index (χ1v) is 11.7. The molecule has 2 amide bonds. The van der Waals surface area contributed by atoms with Crippen LogP contribution in [0, 0.1) is 5.21 Å². The number of β-lactam (4-membered cyclic amide) rings is 1. The third-order valence-corrected chi connectivity index (χ3v) is 6.99. The van der Waals surface area contributed by atoms with E-state index in [1.807, 2.05) is 0 Å². The number of hydroxylamine groups is 1. The Morgan fingerprint density at radius 3 is 2.89 bits per heavy atom. The van der Waals surface area contributed by atoms with Crippen molar-refractivity contribution in [3.8, 4) is 0 Å². The molecule has 4 aliphatic rings. The highest BCUT2D eigenvalue weighted by molar-refractivity contribution is 7.13. The van der Waals surface area contributed by atoms with Crippen LogP contribution in [0.4, 0.5) is 5.13 Å². The SMILES string of the molecule is CON=C(C(=O)NC1C(=O)N2C(C(=O)O)=C(N3C=CC4=[N+]([O-])CN(C)C4=C3)CCC12)c1csc(N)n1. The van der Waals surface area contributed by atoms with E-state index in [1.165, 1.54) is 17.4 Å². The molecule has 14 nitrogen and oxygen atoms in total. The number of hydrogen-bond acceptors (Lipinski definition) is 11. The number of nitrogens with one attached hydrogen (secondary N) is 1. The molecular formula is C21H22N8O6S. The number of allylic oxidation sites excluding steroid dienone is 2. The van der Waals surface area contributed by atoms with Gasteiger partial charge < -0.3 is 36.0 Å². The second-order valence-electron chi connectivity index (χ2n) is 8.40. The van der Waals surface area contributed by atoms with E-state index in [0.29, 0.717) is 29.9 Å². The average molecular weight is 515 g/mol. The second kappa shape index (κ2) is 8.67. The van der Waals surface area contributed by atoms with E-state index in [1.54, 1.807) is 35.3 Å². The Morgan fingerprint density at radius 1 is 1.44 bits per heavy atom. The Labute approximate surface area is 208 Å². The molecule has 4 N–H and O–H groups in total. The molecule has 0 aromatic carbocycles. The van der Waals surface area contributed by atoms with Crippen LogP contribution in [0.5, 0.6) is 0 Å². The zero-order chi connectivity index (χ0) is 25.7. The highest BCUT2D eigenvalue weighted by Crippen LogP contribution is 2.39. The molecule has 1 saturated heterocycles. The minimum atomic E-state index is -1.26. The van der Waals surface area contributed by atoms with E-state index in [-0.39, 0.29) is 28.9 Å². The number of hydrogen-bond donors (Lipinski definition) is 3. The van der Waals surface area contributed by atoms with E-state index in [0.717, 1.165) is 16.1 Å². The number of carboxylic acid groups (broad SMARTS) is 1. The minimum Gasteiger partial charge on any atom is -0.622 e. The lowest BCUT2D eigenvalue weighted by molar-refractivity contribution is -0.465. The van der Waals surface area contributed by atoms with Crippen molar-refractivity contribution in [2.75, 3.05) is 26.6 Å². The molecule has 5 rings (SSSR count). The molecule has 0 radical (unpaired) electrons. The Bertz CT molecular complexity index is 1330. The van der Waals surface area contributed by atoms with E-state index < -0.39 is 29.9 Å². The lowest BCUT2D eigenvalue weighted by atomic mass is 9.84. The molecule has 0 bridgehead atoms. The third kappa shape index (κ3) is 3.64. The molecule has 1 aromatic heterocycles. The topological polar surface area (TPSA) is 180 Å². The number of carbonyl (C=O) groups excluding carboxylic acids is 2. The molecule has 0 aliphatic carbocycles. The summed E-state index contributed by atoms with van der Waals surface area (Å²) in [5.74, 6) is -2.51. The summed E-state index contributed by atoms with van der Waals surface area (Å²) in [5, 5.41) is 30.2. The molecule has 1 fully saturated rings. The van der Waals surface area contributed by atoms with Crippen molar-refractivity contribution in [1.29, 1.82) is 0 Å². The second-order valence-corrected chi connectivity index (χ2v) is 9.29. The van der Waals surface area contributed by atoms with Crippen molar-refractivity contribution in [2.45, 2.75) is 24.9 Å². The largest absolute Gasteiger partial charge is 0.622 e. The number of nitrogens with zero attached hydrogens (tertiary/aromatic N) is 6. The van der Waals surface area contributed by atoms with E-state index in [4.69, 9.17) is 10.6 Å². The highest BCUT2D eigenvalue weighted by Gasteiger charge is 2.54. The lowest BCUT2D eigenvalue weighted by Crippen LogP contribution is -2.72. The van der Waals surface area contributed by atoms with Crippen molar-refractivity contribution >= 4 is 45.7 Å². The molecule has 36 heavy (non-hydrogen) atoms. The van der Waals surface area contributed by atoms with Crippen LogP contribution in [0.15, 0.2) is 46.1 Å². The number of thiazole rings is 1. The summed E-state index contributed by atoms with van der Waals surface area (Å²) in [6.45, 7) is 0.167. The monoisotopic (exact) mass is 514 g/mol. The number of nitrogens with two attached hydrogens (primary N) is 1. The predicted octanol–water partition coefficient (Wildman–Crippen LogP) is -0.614. The van der Waals surface area contributed by atoms with Gasteiger partial charge in [-0.25, -0.2) is 9.78 Å². The highest BCUT2D eigenvalue weighted by atomic mass is 32.1. The Balaban J connectivity index is 1.39. The maximum absolute atomic E-state index is 13.1. The van der Waals surface area contributed by atoms with Crippen molar-refractivity contribution in [3.63, 3.8) is 0 Å². The number of oxime groups is 1. The maximum atomic E-state index is 13.1. The molecule has 0 saturated carbocycles. The summed E-state index contributed by atoms with van der Waals surface area (Å²) in [6, 6.07) is -1.48. The van der Waals surface area contributed by atoms with Gasteiger partial charge in [-0.3, -0.25) is 14.5 Å². The zero-order valence-corrected chi connectivity index (χ0v) is 20.1. The number of rotatable bonds is 6. The third-order valence-electron chi connectivity index (χ3n) is 6.31. The average Bonchev–Trinajstić information content (AvgIpc) is 3.41. The predicted molar refractivity (Wildman–Crippen MR) is 127 cm³/mol. The Hall–Kier alpha value is -4.40. The Morgan fingerprint density at radius 2 is 2.22 bits per heavy atom. The van der Waals surface area contributed by atoms with Crippen molar-refractivity contribution in [1.82, 2.24) is 25.0 Å². The maximum Gasteiger partial charge on any atom is 0.354 e. The summed E-state index contributed by atoms with van der Waals surface area (Å²) in [6.07, 6.45) is 5.66. The number of aromatic nitrogens is 1. The molecule has 15 heteroatoms. The van der Waals surface area contributed by atoms with Crippen LogP contribution in [-0.4, -0.2) is 91.6 Å². The van der Waals surface area contributed by atoms with Crippen LogP contribution in [0.3, 0.4) is 0 Å². The van der Waals surface area contributed by atoms with Gasteiger partial charge in [-0.05, 0) is 12.8 Å². The smallest absolute Gasteiger partial charge is 0.354 e. The molecule has 4 aliphatic heterocycles. The number of fused-ring (bicyclic) bond motifs is 2. The quantitative estimate of drug-likeness (QED) is 0.146. The van der Waals surface area contributed by atoms with Gasteiger partial charge in [-0.2, -0.15) is 4.74 Å². The fraction of sp³-hybridized carbons (Fsp3) is 0.333. The molecule has 188 valence electrons. The van der Waals surface area contributed by atoms with Crippen molar-refractivity contribution in [2.24, 2.45) is 5.16 Å². The van der Waals surface area contributed by atoms with Gasteiger partial charge >= 0.3 is 5.97 Å². The van der Waals surface area contributed by atoms with Crippen LogP contribution in [0.25, 0.3) is 0 Å². The van der Waals surface area contributed by atoms with Crippen molar-refractivity contribution < 1.29 is 29.1 Å². The fourth-order valence-corrected chi connectivity index (χ4v) is 5.24. The van der Waals surface area contributed by atoms with E-state index in [2.05, 4.69) is 15.5 Å². The summed E-state index contributed by atoms with van der Waals surface area (Å²) in [7, 11) is 3.03. The first kappa shape index (κ1) is 23.3. The first-order chi connectivity index (χ1) is 17.2.